The van der Waals surface area contributed by atoms with E-state index in [4.69, 9.17) is 0 Å². The van der Waals surface area contributed by atoms with Gasteiger partial charge in [-0.15, -0.1) is 0 Å². The lowest BCUT2D eigenvalue weighted by molar-refractivity contribution is -0.132. The van der Waals surface area contributed by atoms with Crippen molar-refractivity contribution in [3.05, 3.63) is 0 Å². The Morgan fingerprint density at radius 2 is 2.21 bits per heavy atom. The number of nitrogens with one attached hydrogen (secondary N) is 1. The molecule has 1 heterocycles. The summed E-state index contributed by atoms with van der Waals surface area (Å²) in [4.78, 5) is 13.9. The van der Waals surface area contributed by atoms with Crippen molar-refractivity contribution in [2.45, 2.75) is 40.2 Å². The molecule has 3 nitrogen and oxygen atoms in total. The molecule has 1 fully saturated rings. The van der Waals surface area contributed by atoms with Gasteiger partial charge in [0.15, 0.2) is 0 Å². The van der Waals surface area contributed by atoms with Crippen molar-refractivity contribution in [2.75, 3.05) is 19.6 Å². The van der Waals surface area contributed by atoms with E-state index in [2.05, 4.69) is 26.1 Å². The Labute approximate surface area is 86.9 Å². The van der Waals surface area contributed by atoms with Crippen molar-refractivity contribution >= 4 is 5.91 Å². The third kappa shape index (κ3) is 2.71. The predicted octanol–water partition coefficient (Wildman–Crippen LogP) is 1.24. The Bertz CT molecular complexity index is 213. The van der Waals surface area contributed by atoms with Gasteiger partial charge in [-0.25, -0.2) is 0 Å². The molecule has 1 atom stereocenters. The SMILES string of the molecule is CCCN1CC(C)(C)CNC(C)C1=O. The molecule has 0 aromatic heterocycles. The summed E-state index contributed by atoms with van der Waals surface area (Å²) in [5.41, 5.74) is 0.190. The second-order valence-electron chi connectivity index (χ2n) is 5.03. The van der Waals surface area contributed by atoms with Gasteiger partial charge >= 0.3 is 0 Å². The van der Waals surface area contributed by atoms with Crippen molar-refractivity contribution in [3.8, 4) is 0 Å². The Kier molecular flexibility index (Phi) is 3.53. The minimum absolute atomic E-state index is 0.0247. The van der Waals surface area contributed by atoms with Crippen molar-refractivity contribution in [1.29, 1.82) is 0 Å². The minimum atomic E-state index is -0.0247. The number of hydrogen-bond donors (Lipinski definition) is 1. The van der Waals surface area contributed by atoms with Crippen molar-refractivity contribution in [2.24, 2.45) is 5.41 Å². The molecule has 1 saturated heterocycles. The van der Waals surface area contributed by atoms with Crippen LogP contribution >= 0.6 is 0 Å². The van der Waals surface area contributed by atoms with Gasteiger partial charge in [0.25, 0.3) is 0 Å². The summed E-state index contributed by atoms with van der Waals surface area (Å²) in [6.45, 7) is 11.1. The minimum Gasteiger partial charge on any atom is -0.341 e. The van der Waals surface area contributed by atoms with E-state index in [0.717, 1.165) is 26.1 Å². The van der Waals surface area contributed by atoms with Crippen molar-refractivity contribution in [3.63, 3.8) is 0 Å². The Hall–Kier alpha value is -0.570. The number of carbonyl (C=O) groups excluding carboxylic acids is 1. The number of rotatable bonds is 2. The lowest BCUT2D eigenvalue weighted by Crippen LogP contribution is -2.42. The van der Waals surface area contributed by atoms with E-state index in [9.17, 15) is 4.79 Å². The molecule has 0 bridgehead atoms. The fourth-order valence-corrected chi connectivity index (χ4v) is 1.90. The molecular weight excluding hydrogens is 176 g/mol. The molecule has 0 spiro atoms. The van der Waals surface area contributed by atoms with Crippen LogP contribution in [0, 0.1) is 5.41 Å². The fraction of sp³-hybridized carbons (Fsp3) is 0.909. The summed E-state index contributed by atoms with van der Waals surface area (Å²) in [5.74, 6) is 0.248. The van der Waals surface area contributed by atoms with E-state index in [-0.39, 0.29) is 17.4 Å². The largest absolute Gasteiger partial charge is 0.341 e. The molecule has 1 unspecified atom stereocenters. The van der Waals surface area contributed by atoms with Crippen LogP contribution in [0.4, 0.5) is 0 Å². The maximum atomic E-state index is 11.9. The summed E-state index contributed by atoms with van der Waals surface area (Å²) in [6, 6.07) is -0.0247. The number of carbonyl (C=O) groups is 1. The summed E-state index contributed by atoms with van der Waals surface area (Å²) in [7, 11) is 0. The zero-order valence-corrected chi connectivity index (χ0v) is 9.76. The first-order chi connectivity index (χ1) is 6.46. The first kappa shape index (κ1) is 11.5. The normalized spacial score (nSPS) is 27.6. The van der Waals surface area contributed by atoms with Crippen LogP contribution in [-0.2, 0) is 4.79 Å². The average Bonchev–Trinajstić information content (AvgIpc) is 2.19. The molecule has 1 N–H and O–H groups in total. The van der Waals surface area contributed by atoms with Crippen LogP contribution < -0.4 is 5.32 Å². The molecule has 0 aromatic rings. The van der Waals surface area contributed by atoms with E-state index in [1.54, 1.807) is 0 Å². The van der Waals surface area contributed by atoms with Gasteiger partial charge in [0.05, 0.1) is 6.04 Å². The van der Waals surface area contributed by atoms with E-state index in [0.29, 0.717) is 0 Å². The van der Waals surface area contributed by atoms with Gasteiger partial charge in [0, 0.05) is 19.6 Å². The highest BCUT2D eigenvalue weighted by Gasteiger charge is 2.31. The molecule has 82 valence electrons. The number of hydrogen-bond acceptors (Lipinski definition) is 2. The molecule has 1 aliphatic rings. The smallest absolute Gasteiger partial charge is 0.239 e. The molecule has 14 heavy (non-hydrogen) atoms. The highest BCUT2D eigenvalue weighted by atomic mass is 16.2. The molecule has 3 heteroatoms. The Morgan fingerprint density at radius 3 is 2.79 bits per heavy atom. The van der Waals surface area contributed by atoms with Crippen LogP contribution in [0.5, 0.6) is 0 Å². The zero-order valence-electron chi connectivity index (χ0n) is 9.76. The van der Waals surface area contributed by atoms with Crippen LogP contribution in [0.15, 0.2) is 0 Å². The van der Waals surface area contributed by atoms with Gasteiger partial charge in [-0.1, -0.05) is 20.8 Å². The fourth-order valence-electron chi connectivity index (χ4n) is 1.90. The summed E-state index contributed by atoms with van der Waals surface area (Å²) in [6.07, 6.45) is 1.04. The van der Waals surface area contributed by atoms with E-state index in [1.165, 1.54) is 0 Å². The predicted molar refractivity (Wildman–Crippen MR) is 58.1 cm³/mol. The average molecular weight is 198 g/mol. The summed E-state index contributed by atoms with van der Waals surface area (Å²) in [5, 5.41) is 3.28. The van der Waals surface area contributed by atoms with Gasteiger partial charge in [-0.3, -0.25) is 4.79 Å². The van der Waals surface area contributed by atoms with Gasteiger partial charge in [-0.2, -0.15) is 0 Å². The first-order valence-corrected chi connectivity index (χ1v) is 5.48. The van der Waals surface area contributed by atoms with E-state index in [1.807, 2.05) is 11.8 Å². The molecule has 0 saturated carbocycles. The van der Waals surface area contributed by atoms with Crippen LogP contribution in [0.3, 0.4) is 0 Å². The molecule has 1 aliphatic heterocycles. The van der Waals surface area contributed by atoms with E-state index < -0.39 is 0 Å². The molecule has 1 amide bonds. The summed E-state index contributed by atoms with van der Waals surface area (Å²) >= 11 is 0. The lowest BCUT2D eigenvalue weighted by Gasteiger charge is -2.29. The van der Waals surface area contributed by atoms with Gasteiger partial charge < -0.3 is 10.2 Å². The zero-order chi connectivity index (χ0) is 10.8. The molecule has 0 aromatic carbocycles. The van der Waals surface area contributed by atoms with Crippen molar-refractivity contribution in [1.82, 2.24) is 10.2 Å². The van der Waals surface area contributed by atoms with Gasteiger partial charge in [0.2, 0.25) is 5.91 Å². The number of amides is 1. The van der Waals surface area contributed by atoms with Crippen LogP contribution in [-0.4, -0.2) is 36.5 Å². The third-order valence-electron chi connectivity index (χ3n) is 2.68. The van der Waals surface area contributed by atoms with Crippen LogP contribution in [0.2, 0.25) is 0 Å². The van der Waals surface area contributed by atoms with Crippen LogP contribution in [0.1, 0.15) is 34.1 Å². The maximum absolute atomic E-state index is 11.9. The molecule has 0 aliphatic carbocycles. The van der Waals surface area contributed by atoms with Crippen molar-refractivity contribution < 1.29 is 4.79 Å². The second-order valence-corrected chi connectivity index (χ2v) is 5.03. The Morgan fingerprint density at radius 1 is 1.57 bits per heavy atom. The molecule has 0 radical (unpaired) electrons. The van der Waals surface area contributed by atoms with Crippen LogP contribution in [0.25, 0.3) is 0 Å². The highest BCUT2D eigenvalue weighted by molar-refractivity contribution is 5.81. The third-order valence-corrected chi connectivity index (χ3v) is 2.68. The van der Waals surface area contributed by atoms with Gasteiger partial charge in [-0.05, 0) is 18.8 Å². The Balaban J connectivity index is 2.73. The lowest BCUT2D eigenvalue weighted by atomic mass is 9.93. The first-order valence-electron chi connectivity index (χ1n) is 5.48. The standard InChI is InChI=1S/C11H22N2O/c1-5-6-13-8-11(3,4)7-12-9(2)10(13)14/h9,12H,5-8H2,1-4H3. The molecular formula is C11H22N2O. The summed E-state index contributed by atoms with van der Waals surface area (Å²) < 4.78 is 0. The van der Waals surface area contributed by atoms with E-state index >= 15 is 0 Å². The second kappa shape index (κ2) is 4.30. The number of nitrogens with zero attached hydrogens (tertiary/aromatic N) is 1. The quantitative estimate of drug-likeness (QED) is 0.724. The highest BCUT2D eigenvalue weighted by Crippen LogP contribution is 2.19. The molecule has 1 rings (SSSR count). The topological polar surface area (TPSA) is 32.3 Å². The van der Waals surface area contributed by atoms with Gasteiger partial charge in [0.1, 0.15) is 0 Å². The monoisotopic (exact) mass is 198 g/mol. The maximum Gasteiger partial charge on any atom is 0.239 e.